The molecule has 0 saturated carbocycles. The Balaban J connectivity index is 2.16. The van der Waals surface area contributed by atoms with Crippen molar-refractivity contribution in [3.8, 4) is 11.4 Å². The number of urea groups is 1. The van der Waals surface area contributed by atoms with Crippen molar-refractivity contribution in [1.29, 1.82) is 0 Å². The summed E-state index contributed by atoms with van der Waals surface area (Å²) in [7, 11) is 0. The SMILES string of the molecule is NC(=O)NC(=O)CSc1nnc(-c2ccc(Cl)cc2Cl)n1N. The molecular formula is C11H10Cl2N6O2S. The number of nitrogens with zero attached hydrogens (tertiary/aromatic N) is 3. The van der Waals surface area contributed by atoms with Crippen LogP contribution in [0.3, 0.4) is 0 Å². The van der Waals surface area contributed by atoms with Gasteiger partial charge in [0.2, 0.25) is 11.1 Å². The average molecular weight is 361 g/mol. The minimum atomic E-state index is -0.923. The highest BCUT2D eigenvalue weighted by Crippen LogP contribution is 2.30. The molecule has 0 unspecified atom stereocenters. The lowest BCUT2D eigenvalue weighted by Gasteiger charge is -2.05. The molecule has 0 spiro atoms. The lowest BCUT2D eigenvalue weighted by atomic mass is 10.2. The van der Waals surface area contributed by atoms with Crippen LogP contribution in [0.5, 0.6) is 0 Å². The highest BCUT2D eigenvalue weighted by Gasteiger charge is 2.16. The van der Waals surface area contributed by atoms with Crippen LogP contribution in [-0.4, -0.2) is 32.6 Å². The van der Waals surface area contributed by atoms with Crippen molar-refractivity contribution in [3.05, 3.63) is 28.2 Å². The molecule has 8 nitrogen and oxygen atoms in total. The zero-order valence-corrected chi connectivity index (χ0v) is 13.2. The van der Waals surface area contributed by atoms with Crippen molar-refractivity contribution < 1.29 is 9.59 Å². The smallest absolute Gasteiger partial charge is 0.318 e. The maximum absolute atomic E-state index is 11.3. The number of amides is 3. The standard InChI is InChI=1S/C11H10Cl2N6O2S/c12-5-1-2-6(7(13)3-5)9-17-18-11(19(9)15)22-4-8(20)16-10(14)21/h1-3H,4,15H2,(H3,14,16,20,21). The Morgan fingerprint density at radius 2 is 2.05 bits per heavy atom. The highest BCUT2D eigenvalue weighted by molar-refractivity contribution is 7.99. The van der Waals surface area contributed by atoms with Gasteiger partial charge in [-0.25, -0.2) is 9.47 Å². The Bertz CT molecular complexity index is 735. The predicted molar refractivity (Wildman–Crippen MR) is 84.1 cm³/mol. The Morgan fingerprint density at radius 1 is 1.32 bits per heavy atom. The van der Waals surface area contributed by atoms with Crippen LogP contribution in [0.15, 0.2) is 23.4 Å². The van der Waals surface area contributed by atoms with Crippen molar-refractivity contribution in [1.82, 2.24) is 20.2 Å². The second kappa shape index (κ2) is 6.86. The van der Waals surface area contributed by atoms with Crippen molar-refractivity contribution >= 4 is 46.9 Å². The first-order chi connectivity index (χ1) is 10.4. The number of carbonyl (C=O) groups excluding carboxylic acids is 2. The number of hydrogen-bond acceptors (Lipinski definition) is 6. The Morgan fingerprint density at radius 3 is 2.68 bits per heavy atom. The fourth-order valence-corrected chi connectivity index (χ4v) is 2.68. The van der Waals surface area contributed by atoms with E-state index >= 15 is 0 Å². The van der Waals surface area contributed by atoms with E-state index in [2.05, 4.69) is 10.2 Å². The molecule has 22 heavy (non-hydrogen) atoms. The zero-order chi connectivity index (χ0) is 16.3. The summed E-state index contributed by atoms with van der Waals surface area (Å²) in [4.78, 5) is 21.9. The molecule has 0 fully saturated rings. The number of imide groups is 1. The molecule has 0 aliphatic rings. The van der Waals surface area contributed by atoms with Gasteiger partial charge in [0.1, 0.15) is 0 Å². The molecule has 1 heterocycles. The number of carbonyl (C=O) groups is 2. The van der Waals surface area contributed by atoms with E-state index in [0.717, 1.165) is 11.8 Å². The molecule has 0 saturated heterocycles. The molecule has 1 aromatic heterocycles. The van der Waals surface area contributed by atoms with Gasteiger partial charge in [-0.1, -0.05) is 35.0 Å². The number of benzene rings is 1. The third kappa shape index (κ3) is 3.81. The second-order valence-electron chi connectivity index (χ2n) is 4.00. The fourth-order valence-electron chi connectivity index (χ4n) is 1.53. The number of halogens is 2. The molecule has 0 bridgehead atoms. The van der Waals surface area contributed by atoms with Crippen LogP contribution in [0.1, 0.15) is 0 Å². The van der Waals surface area contributed by atoms with Crippen LogP contribution in [0.2, 0.25) is 10.0 Å². The summed E-state index contributed by atoms with van der Waals surface area (Å²) in [5, 5.41) is 10.9. The lowest BCUT2D eigenvalue weighted by molar-refractivity contribution is -0.117. The van der Waals surface area contributed by atoms with Crippen LogP contribution in [-0.2, 0) is 4.79 Å². The van der Waals surface area contributed by atoms with E-state index in [4.69, 9.17) is 34.8 Å². The summed E-state index contributed by atoms with van der Waals surface area (Å²) >= 11 is 12.9. The van der Waals surface area contributed by atoms with Gasteiger partial charge in [-0.3, -0.25) is 10.1 Å². The van der Waals surface area contributed by atoms with Crippen molar-refractivity contribution in [2.45, 2.75) is 5.16 Å². The van der Waals surface area contributed by atoms with Gasteiger partial charge in [0, 0.05) is 10.6 Å². The highest BCUT2D eigenvalue weighted by atomic mass is 35.5. The molecule has 0 aliphatic carbocycles. The van der Waals surface area contributed by atoms with Gasteiger partial charge in [-0.15, -0.1) is 10.2 Å². The number of nitrogen functional groups attached to an aromatic ring is 1. The van der Waals surface area contributed by atoms with E-state index in [1.807, 2.05) is 5.32 Å². The third-order valence-corrected chi connectivity index (χ3v) is 3.92. The van der Waals surface area contributed by atoms with E-state index in [1.54, 1.807) is 18.2 Å². The van der Waals surface area contributed by atoms with Gasteiger partial charge < -0.3 is 11.6 Å². The zero-order valence-electron chi connectivity index (χ0n) is 10.9. The lowest BCUT2D eigenvalue weighted by Crippen LogP contribution is -2.36. The number of thioether (sulfide) groups is 1. The number of nitrogens with two attached hydrogens (primary N) is 2. The topological polar surface area (TPSA) is 129 Å². The molecule has 1 aromatic carbocycles. The first-order valence-corrected chi connectivity index (χ1v) is 7.50. The molecular weight excluding hydrogens is 351 g/mol. The molecule has 0 radical (unpaired) electrons. The molecule has 11 heteroatoms. The van der Waals surface area contributed by atoms with Crippen molar-refractivity contribution in [2.75, 3.05) is 11.6 Å². The van der Waals surface area contributed by atoms with E-state index in [9.17, 15) is 9.59 Å². The van der Waals surface area contributed by atoms with Crippen LogP contribution in [0, 0.1) is 0 Å². The Labute approximate surface area is 139 Å². The summed E-state index contributed by atoms with van der Waals surface area (Å²) < 4.78 is 1.19. The first kappa shape index (κ1) is 16.4. The van der Waals surface area contributed by atoms with Crippen LogP contribution in [0.4, 0.5) is 4.79 Å². The van der Waals surface area contributed by atoms with Gasteiger partial charge >= 0.3 is 6.03 Å². The van der Waals surface area contributed by atoms with Gasteiger partial charge in [0.25, 0.3) is 0 Å². The minimum absolute atomic E-state index is 0.0907. The fraction of sp³-hybridized carbons (Fsp3) is 0.0909. The summed E-state index contributed by atoms with van der Waals surface area (Å²) in [6.45, 7) is 0. The normalized spacial score (nSPS) is 10.5. The quantitative estimate of drug-likeness (QED) is 0.555. The number of primary amides is 1. The monoisotopic (exact) mass is 360 g/mol. The van der Waals surface area contributed by atoms with Crippen molar-refractivity contribution in [2.24, 2.45) is 5.73 Å². The van der Waals surface area contributed by atoms with E-state index < -0.39 is 11.9 Å². The van der Waals surface area contributed by atoms with Gasteiger partial charge in [0.05, 0.1) is 10.8 Å². The van der Waals surface area contributed by atoms with Crippen LogP contribution >= 0.6 is 35.0 Å². The van der Waals surface area contributed by atoms with E-state index in [0.29, 0.717) is 21.4 Å². The molecule has 5 N–H and O–H groups in total. The maximum atomic E-state index is 11.3. The van der Waals surface area contributed by atoms with E-state index in [1.165, 1.54) is 4.68 Å². The summed E-state index contributed by atoms with van der Waals surface area (Å²) in [5.41, 5.74) is 5.39. The van der Waals surface area contributed by atoms with Crippen LogP contribution in [0.25, 0.3) is 11.4 Å². The number of hydrogen-bond donors (Lipinski definition) is 3. The molecule has 0 atom stereocenters. The molecule has 2 aromatic rings. The van der Waals surface area contributed by atoms with Gasteiger partial charge in [-0.05, 0) is 18.2 Å². The van der Waals surface area contributed by atoms with Gasteiger partial charge in [-0.2, -0.15) is 0 Å². The minimum Gasteiger partial charge on any atom is -0.351 e. The summed E-state index contributed by atoms with van der Waals surface area (Å²) in [5.74, 6) is 5.55. The number of nitrogens with one attached hydrogen (secondary N) is 1. The number of rotatable bonds is 4. The first-order valence-electron chi connectivity index (χ1n) is 5.76. The van der Waals surface area contributed by atoms with E-state index in [-0.39, 0.29) is 10.9 Å². The Hall–Kier alpha value is -1.97. The average Bonchev–Trinajstić information content (AvgIpc) is 2.77. The summed E-state index contributed by atoms with van der Waals surface area (Å²) in [6.07, 6.45) is 0. The summed E-state index contributed by atoms with van der Waals surface area (Å²) in [6, 6.07) is 3.94. The second-order valence-corrected chi connectivity index (χ2v) is 5.79. The number of aromatic nitrogens is 3. The molecule has 0 aliphatic heterocycles. The van der Waals surface area contributed by atoms with Crippen molar-refractivity contribution in [3.63, 3.8) is 0 Å². The Kier molecular flexibility index (Phi) is 5.11. The van der Waals surface area contributed by atoms with Crippen LogP contribution < -0.4 is 16.9 Å². The predicted octanol–water partition coefficient (Wildman–Crippen LogP) is 1.25. The molecule has 2 rings (SSSR count). The van der Waals surface area contributed by atoms with Gasteiger partial charge in [0.15, 0.2) is 5.82 Å². The third-order valence-electron chi connectivity index (χ3n) is 2.43. The largest absolute Gasteiger partial charge is 0.351 e. The molecule has 3 amide bonds. The maximum Gasteiger partial charge on any atom is 0.318 e. The molecule has 116 valence electrons.